The Balaban J connectivity index is 1.63. The summed E-state index contributed by atoms with van der Waals surface area (Å²) < 4.78 is 24.4. The maximum absolute atomic E-state index is 13.8. The highest BCUT2D eigenvalue weighted by atomic mass is 32.2. The number of fused-ring (bicyclic) bond motifs is 2. The molecule has 0 fully saturated rings. The van der Waals surface area contributed by atoms with E-state index in [1.807, 2.05) is 42.5 Å². The van der Waals surface area contributed by atoms with Crippen LogP contribution in [-0.4, -0.2) is 25.1 Å². The van der Waals surface area contributed by atoms with Crippen LogP contribution in [0, 0.1) is 11.3 Å². The monoisotopic (exact) mass is 540 g/mol. The van der Waals surface area contributed by atoms with Gasteiger partial charge in [0.25, 0.3) is 5.91 Å². The molecule has 1 aliphatic rings. The van der Waals surface area contributed by atoms with E-state index < -0.39 is 15.9 Å². The predicted octanol–water partition coefficient (Wildman–Crippen LogP) is 3.36. The molecule has 4 aromatic rings. The second-order valence-corrected chi connectivity index (χ2v) is 10.5. The van der Waals surface area contributed by atoms with E-state index in [1.165, 1.54) is 18.2 Å². The highest BCUT2D eigenvalue weighted by Crippen LogP contribution is 2.33. The Kier molecular flexibility index (Phi) is 6.38. The molecule has 4 aromatic carbocycles. The van der Waals surface area contributed by atoms with Crippen molar-refractivity contribution in [1.29, 1.82) is 5.26 Å². The lowest BCUT2D eigenvalue weighted by atomic mass is 10.1. The number of carbonyl (C=O) groups excluding carboxylic acids is 1. The van der Waals surface area contributed by atoms with E-state index in [0.717, 1.165) is 21.3 Å². The molecule has 9 nitrogen and oxygen atoms in total. The summed E-state index contributed by atoms with van der Waals surface area (Å²) in [5.74, 6) is -0.461. The van der Waals surface area contributed by atoms with Gasteiger partial charge in [0.1, 0.15) is 4.90 Å². The molecule has 1 heterocycles. The smallest absolute Gasteiger partial charge is 0.279 e. The Morgan fingerprint density at radius 2 is 1.71 bits per heavy atom. The van der Waals surface area contributed by atoms with Crippen LogP contribution in [0.25, 0.3) is 10.8 Å². The second kappa shape index (κ2) is 9.68. The number of nitrogens with zero attached hydrogens (tertiary/aromatic N) is 4. The topological polar surface area (TPSA) is 146 Å². The van der Waals surface area contributed by atoms with E-state index in [4.69, 9.17) is 23.1 Å². The van der Waals surface area contributed by atoms with Gasteiger partial charge < -0.3 is 10.6 Å². The van der Waals surface area contributed by atoms with E-state index in [2.05, 4.69) is 11.2 Å². The molecule has 0 bridgehead atoms. The molecule has 38 heavy (non-hydrogen) atoms. The summed E-state index contributed by atoms with van der Waals surface area (Å²) in [7, 11) is -4.16. The number of sulfonamides is 1. The summed E-state index contributed by atoms with van der Waals surface area (Å²) in [4.78, 5) is 15.0. The number of amides is 1. The first-order chi connectivity index (χ1) is 18.2. The average Bonchev–Trinajstić information content (AvgIpc) is 3.16. The van der Waals surface area contributed by atoms with Crippen LogP contribution in [0.5, 0.6) is 0 Å². The van der Waals surface area contributed by atoms with Crippen LogP contribution in [0.4, 0.5) is 11.4 Å². The van der Waals surface area contributed by atoms with Crippen molar-refractivity contribution < 1.29 is 13.2 Å². The number of hydrogen-bond donors (Lipinski definition) is 2. The first-order valence-electron chi connectivity index (χ1n) is 11.3. The van der Waals surface area contributed by atoms with Crippen molar-refractivity contribution in [1.82, 2.24) is 0 Å². The van der Waals surface area contributed by atoms with Crippen molar-refractivity contribution in [2.45, 2.75) is 11.4 Å². The minimum Gasteiger partial charge on any atom is -0.374 e. The van der Waals surface area contributed by atoms with Crippen molar-refractivity contribution in [3.8, 4) is 6.07 Å². The lowest BCUT2D eigenvalue weighted by Crippen LogP contribution is -2.36. The third-order valence-corrected chi connectivity index (χ3v) is 7.21. The normalized spacial score (nSPS) is 13.9. The zero-order chi connectivity index (χ0) is 27.0. The molecule has 0 spiro atoms. The summed E-state index contributed by atoms with van der Waals surface area (Å²) in [6, 6.07) is 26.5. The van der Waals surface area contributed by atoms with Crippen LogP contribution in [0.3, 0.4) is 0 Å². The van der Waals surface area contributed by atoms with Gasteiger partial charge in [0, 0.05) is 5.56 Å². The van der Waals surface area contributed by atoms with Gasteiger partial charge in [0.05, 0.1) is 29.6 Å². The van der Waals surface area contributed by atoms with Gasteiger partial charge in [-0.15, -0.1) is 0 Å². The number of hydrazone groups is 1. The number of primary sulfonamides is 1. The molecule has 1 amide bonds. The van der Waals surface area contributed by atoms with E-state index in [-0.39, 0.29) is 28.0 Å². The molecule has 5 rings (SSSR count). The number of benzene rings is 4. The standard InChI is InChI=1S/C27H20N6O3S2/c28-15-17-10-12-22-21(14-17)25(31-33(27(29)37)23-7-3-4-8-24(23)38(30,35)36)26(34)32(22)16-18-9-11-19-5-1-2-6-20(19)13-18/h1-14H,16H2,(H2,29,37)(H2,30,35,36)/b31-25-. The molecular formula is C27H20N6O3S2. The van der Waals surface area contributed by atoms with E-state index in [1.54, 1.807) is 29.2 Å². The lowest BCUT2D eigenvalue weighted by molar-refractivity contribution is -0.112. The zero-order valence-corrected chi connectivity index (χ0v) is 21.4. The lowest BCUT2D eigenvalue weighted by Gasteiger charge is -2.20. The third-order valence-electron chi connectivity index (χ3n) is 6.08. The number of nitrogens with two attached hydrogens (primary N) is 2. The van der Waals surface area contributed by atoms with Crippen LogP contribution < -0.4 is 20.8 Å². The highest BCUT2D eigenvalue weighted by molar-refractivity contribution is 7.89. The molecule has 0 aromatic heterocycles. The van der Waals surface area contributed by atoms with Crippen LogP contribution in [0.15, 0.2) is 94.9 Å². The van der Waals surface area contributed by atoms with Crippen molar-refractivity contribution in [2.75, 3.05) is 9.91 Å². The Bertz CT molecular complexity index is 1810. The molecule has 0 aliphatic carbocycles. The summed E-state index contributed by atoms with van der Waals surface area (Å²) in [5, 5.41) is 22.1. The van der Waals surface area contributed by atoms with Crippen LogP contribution in [0.1, 0.15) is 16.7 Å². The van der Waals surface area contributed by atoms with E-state index in [0.29, 0.717) is 16.8 Å². The maximum atomic E-state index is 13.8. The molecule has 0 saturated heterocycles. The molecule has 1 aliphatic heterocycles. The Morgan fingerprint density at radius 1 is 1.00 bits per heavy atom. The van der Waals surface area contributed by atoms with Crippen molar-refractivity contribution in [3.63, 3.8) is 0 Å². The van der Waals surface area contributed by atoms with Gasteiger partial charge in [0.15, 0.2) is 10.8 Å². The SMILES string of the molecule is N#Cc1ccc2c(c1)/C(=N/N(C(N)=S)c1ccccc1S(N)(=O)=O)C(=O)N2Cc1ccc2ccccc2c1. The fourth-order valence-electron chi connectivity index (χ4n) is 4.35. The van der Waals surface area contributed by atoms with Crippen LogP contribution in [0.2, 0.25) is 0 Å². The minimum absolute atomic E-state index is 0.00577. The number of rotatable bonds is 5. The van der Waals surface area contributed by atoms with Crippen molar-refractivity contribution in [3.05, 3.63) is 102 Å². The molecule has 11 heteroatoms. The quantitative estimate of drug-likeness (QED) is 0.291. The predicted molar refractivity (Wildman–Crippen MR) is 150 cm³/mol. The molecule has 0 unspecified atom stereocenters. The molecule has 4 N–H and O–H groups in total. The number of anilines is 2. The van der Waals surface area contributed by atoms with Crippen LogP contribution in [-0.2, 0) is 21.4 Å². The van der Waals surface area contributed by atoms with Gasteiger partial charge in [-0.1, -0.05) is 48.5 Å². The van der Waals surface area contributed by atoms with E-state index in [9.17, 15) is 18.5 Å². The number of para-hydroxylation sites is 1. The summed E-state index contributed by atoms with van der Waals surface area (Å²) in [5.41, 5.74) is 8.03. The number of hydrogen-bond acceptors (Lipinski definition) is 6. The number of carbonyl (C=O) groups is 1. The van der Waals surface area contributed by atoms with Crippen LogP contribution >= 0.6 is 12.2 Å². The molecule has 188 valence electrons. The van der Waals surface area contributed by atoms with Gasteiger partial charge >= 0.3 is 0 Å². The Hall–Kier alpha value is -4.63. The summed E-state index contributed by atoms with van der Waals surface area (Å²) >= 11 is 5.17. The van der Waals surface area contributed by atoms with Gasteiger partial charge in [-0.2, -0.15) is 10.4 Å². The largest absolute Gasteiger partial charge is 0.374 e. The van der Waals surface area contributed by atoms with Crippen molar-refractivity contribution in [2.24, 2.45) is 16.0 Å². The van der Waals surface area contributed by atoms with Gasteiger partial charge in [-0.25, -0.2) is 18.6 Å². The Morgan fingerprint density at radius 3 is 2.42 bits per heavy atom. The Labute approximate surface area is 224 Å². The minimum atomic E-state index is -4.16. The van der Waals surface area contributed by atoms with Gasteiger partial charge in [-0.05, 0) is 65.0 Å². The third kappa shape index (κ3) is 4.59. The number of nitriles is 1. The number of thiocarbonyl (C=S) groups is 1. The molecule has 0 radical (unpaired) electrons. The van der Waals surface area contributed by atoms with Gasteiger partial charge in [0.2, 0.25) is 10.0 Å². The first-order valence-corrected chi connectivity index (χ1v) is 13.3. The summed E-state index contributed by atoms with van der Waals surface area (Å²) in [6.45, 7) is 0.239. The second-order valence-electron chi connectivity index (χ2n) is 8.53. The van der Waals surface area contributed by atoms with E-state index >= 15 is 0 Å². The van der Waals surface area contributed by atoms with Crippen molar-refractivity contribution >= 4 is 61.1 Å². The summed E-state index contributed by atoms with van der Waals surface area (Å²) in [6.07, 6.45) is 0. The average molecular weight is 541 g/mol. The molecule has 0 atom stereocenters. The fourth-order valence-corrected chi connectivity index (χ4v) is 5.20. The van der Waals surface area contributed by atoms with Gasteiger partial charge in [-0.3, -0.25) is 4.79 Å². The molecular weight excluding hydrogens is 520 g/mol. The fraction of sp³-hybridized carbons (Fsp3) is 0.0370. The highest BCUT2D eigenvalue weighted by Gasteiger charge is 2.36. The first kappa shape index (κ1) is 25.0. The maximum Gasteiger partial charge on any atom is 0.279 e. The molecule has 0 saturated carbocycles. The zero-order valence-electron chi connectivity index (χ0n) is 19.8.